The van der Waals surface area contributed by atoms with Crippen molar-refractivity contribution in [1.82, 2.24) is 4.90 Å². The number of hydrogen-bond donors (Lipinski definition) is 0. The summed E-state index contributed by atoms with van der Waals surface area (Å²) in [5, 5.41) is 0. The van der Waals surface area contributed by atoms with Gasteiger partial charge in [0.25, 0.3) is 5.91 Å². The summed E-state index contributed by atoms with van der Waals surface area (Å²) in [7, 11) is 0. The van der Waals surface area contributed by atoms with Crippen molar-refractivity contribution in [2.45, 2.75) is 19.8 Å². The number of aldehydes is 1. The van der Waals surface area contributed by atoms with E-state index in [-0.39, 0.29) is 5.91 Å². The van der Waals surface area contributed by atoms with Crippen molar-refractivity contribution in [2.75, 3.05) is 13.1 Å². The number of aryl methyl sites for hydroxylation is 1. The lowest BCUT2D eigenvalue weighted by Gasteiger charge is -2.16. The SMILES string of the molecule is Cc1cc(C(=O)N2CCCC2)ccc1-c1ccc(C=O)o1. The van der Waals surface area contributed by atoms with Crippen molar-refractivity contribution in [1.29, 1.82) is 0 Å². The highest BCUT2D eigenvalue weighted by molar-refractivity contribution is 5.95. The minimum Gasteiger partial charge on any atom is -0.453 e. The summed E-state index contributed by atoms with van der Waals surface area (Å²) in [6.45, 7) is 3.64. The van der Waals surface area contributed by atoms with Crippen molar-refractivity contribution in [3.8, 4) is 11.3 Å². The number of nitrogens with zero attached hydrogens (tertiary/aromatic N) is 1. The van der Waals surface area contributed by atoms with Gasteiger partial charge in [0, 0.05) is 24.2 Å². The van der Waals surface area contributed by atoms with E-state index in [2.05, 4.69) is 0 Å². The Bertz CT molecular complexity index is 681. The Hall–Kier alpha value is -2.36. The number of furan rings is 1. The quantitative estimate of drug-likeness (QED) is 0.812. The van der Waals surface area contributed by atoms with E-state index in [1.807, 2.05) is 30.0 Å². The van der Waals surface area contributed by atoms with Gasteiger partial charge in [-0.1, -0.05) is 6.07 Å². The van der Waals surface area contributed by atoms with Crippen LogP contribution in [-0.4, -0.2) is 30.2 Å². The second-order valence-electron chi connectivity index (χ2n) is 5.35. The number of rotatable bonds is 3. The second-order valence-corrected chi connectivity index (χ2v) is 5.35. The molecular weight excluding hydrogens is 266 g/mol. The number of likely N-dealkylation sites (tertiary alicyclic amines) is 1. The van der Waals surface area contributed by atoms with Crippen LogP contribution >= 0.6 is 0 Å². The van der Waals surface area contributed by atoms with E-state index in [9.17, 15) is 9.59 Å². The van der Waals surface area contributed by atoms with Crippen LogP contribution in [0.5, 0.6) is 0 Å². The molecule has 1 aliphatic heterocycles. The van der Waals surface area contributed by atoms with Crippen molar-refractivity contribution in [2.24, 2.45) is 0 Å². The zero-order valence-corrected chi connectivity index (χ0v) is 12.0. The van der Waals surface area contributed by atoms with Gasteiger partial charge in [-0.05, 0) is 49.6 Å². The summed E-state index contributed by atoms with van der Waals surface area (Å²) in [5.41, 5.74) is 2.58. The molecule has 1 aromatic carbocycles. The molecule has 3 rings (SSSR count). The van der Waals surface area contributed by atoms with E-state index in [1.165, 1.54) is 0 Å². The molecule has 4 nitrogen and oxygen atoms in total. The van der Waals surface area contributed by atoms with Gasteiger partial charge in [0.1, 0.15) is 5.76 Å². The van der Waals surface area contributed by atoms with Gasteiger partial charge in [-0.2, -0.15) is 0 Å². The van der Waals surface area contributed by atoms with Gasteiger partial charge in [-0.25, -0.2) is 0 Å². The lowest BCUT2D eigenvalue weighted by molar-refractivity contribution is 0.0792. The number of carbonyl (C=O) groups excluding carboxylic acids is 2. The fraction of sp³-hybridized carbons (Fsp3) is 0.294. The summed E-state index contributed by atoms with van der Waals surface area (Å²) >= 11 is 0. The van der Waals surface area contributed by atoms with Gasteiger partial charge in [-0.3, -0.25) is 9.59 Å². The normalized spacial score (nSPS) is 14.4. The minimum atomic E-state index is 0.0928. The van der Waals surface area contributed by atoms with Gasteiger partial charge < -0.3 is 9.32 Å². The highest BCUT2D eigenvalue weighted by Crippen LogP contribution is 2.26. The largest absolute Gasteiger partial charge is 0.453 e. The molecule has 0 bridgehead atoms. The number of hydrogen-bond acceptors (Lipinski definition) is 3. The third-order valence-electron chi connectivity index (χ3n) is 3.88. The van der Waals surface area contributed by atoms with E-state index in [1.54, 1.807) is 12.1 Å². The second kappa shape index (κ2) is 5.56. The average molecular weight is 283 g/mol. The number of amides is 1. The third kappa shape index (κ3) is 2.61. The van der Waals surface area contributed by atoms with Crippen LogP contribution in [0.25, 0.3) is 11.3 Å². The highest BCUT2D eigenvalue weighted by atomic mass is 16.3. The van der Waals surface area contributed by atoms with Crippen molar-refractivity contribution >= 4 is 12.2 Å². The van der Waals surface area contributed by atoms with Gasteiger partial charge in [0.2, 0.25) is 0 Å². The Balaban J connectivity index is 1.88. The van der Waals surface area contributed by atoms with Crippen molar-refractivity contribution < 1.29 is 14.0 Å². The summed E-state index contributed by atoms with van der Waals surface area (Å²) in [4.78, 5) is 24.9. The van der Waals surface area contributed by atoms with Gasteiger partial charge >= 0.3 is 0 Å². The molecule has 0 saturated carbocycles. The summed E-state index contributed by atoms with van der Waals surface area (Å²) < 4.78 is 5.44. The minimum absolute atomic E-state index is 0.0928. The van der Waals surface area contributed by atoms with Crippen LogP contribution in [0, 0.1) is 6.92 Å². The molecule has 0 aliphatic carbocycles. The van der Waals surface area contributed by atoms with Crippen molar-refractivity contribution in [3.63, 3.8) is 0 Å². The Morgan fingerprint density at radius 1 is 1.19 bits per heavy atom. The molecule has 0 spiro atoms. The van der Waals surface area contributed by atoms with Crippen LogP contribution in [0.4, 0.5) is 0 Å². The maximum Gasteiger partial charge on any atom is 0.253 e. The molecule has 0 N–H and O–H groups in total. The molecule has 2 aromatic rings. The maximum atomic E-state index is 12.4. The Morgan fingerprint density at radius 3 is 2.57 bits per heavy atom. The van der Waals surface area contributed by atoms with Crippen LogP contribution in [0.15, 0.2) is 34.7 Å². The Morgan fingerprint density at radius 2 is 1.95 bits per heavy atom. The van der Waals surface area contributed by atoms with E-state index < -0.39 is 0 Å². The van der Waals surface area contributed by atoms with Gasteiger partial charge in [0.05, 0.1) is 0 Å². The van der Waals surface area contributed by atoms with E-state index in [4.69, 9.17) is 4.42 Å². The average Bonchev–Trinajstić information content (AvgIpc) is 3.17. The van der Waals surface area contributed by atoms with Crippen molar-refractivity contribution in [3.05, 3.63) is 47.2 Å². The maximum absolute atomic E-state index is 12.4. The third-order valence-corrected chi connectivity index (χ3v) is 3.88. The molecular formula is C17H17NO3. The molecule has 108 valence electrons. The van der Waals surface area contributed by atoms with Crippen LogP contribution in [0.1, 0.15) is 39.3 Å². The van der Waals surface area contributed by atoms with E-state index in [0.717, 1.165) is 37.1 Å². The first-order valence-corrected chi connectivity index (χ1v) is 7.14. The summed E-state index contributed by atoms with van der Waals surface area (Å²) in [5.74, 6) is 1.05. The first-order valence-electron chi connectivity index (χ1n) is 7.14. The van der Waals surface area contributed by atoms with Crippen LogP contribution < -0.4 is 0 Å². The fourth-order valence-electron chi connectivity index (χ4n) is 2.74. The fourth-order valence-corrected chi connectivity index (χ4v) is 2.74. The van der Waals surface area contributed by atoms with Gasteiger partial charge in [0.15, 0.2) is 12.0 Å². The first kappa shape index (κ1) is 13.6. The molecule has 4 heteroatoms. The monoisotopic (exact) mass is 283 g/mol. The lowest BCUT2D eigenvalue weighted by Crippen LogP contribution is -2.27. The molecule has 1 saturated heterocycles. The topological polar surface area (TPSA) is 50.5 Å². The highest BCUT2D eigenvalue weighted by Gasteiger charge is 2.20. The zero-order valence-electron chi connectivity index (χ0n) is 12.0. The first-order chi connectivity index (χ1) is 10.2. The molecule has 1 aromatic heterocycles. The molecule has 2 heterocycles. The van der Waals surface area contributed by atoms with E-state index >= 15 is 0 Å². The van der Waals surface area contributed by atoms with Gasteiger partial charge in [-0.15, -0.1) is 0 Å². The Labute approximate surface area is 123 Å². The lowest BCUT2D eigenvalue weighted by atomic mass is 10.0. The van der Waals surface area contributed by atoms with Crippen LogP contribution in [-0.2, 0) is 0 Å². The molecule has 0 unspecified atom stereocenters. The smallest absolute Gasteiger partial charge is 0.253 e. The molecule has 1 amide bonds. The van der Waals surface area contributed by atoms with Crippen LogP contribution in [0.3, 0.4) is 0 Å². The Kier molecular flexibility index (Phi) is 3.60. The number of benzene rings is 1. The standard InChI is InChI=1S/C17H17NO3/c1-12-10-13(17(20)18-8-2-3-9-18)4-6-15(12)16-7-5-14(11-19)21-16/h4-7,10-11H,2-3,8-9H2,1H3. The predicted molar refractivity (Wildman–Crippen MR) is 79.4 cm³/mol. The van der Waals surface area contributed by atoms with E-state index in [0.29, 0.717) is 23.4 Å². The summed E-state index contributed by atoms with van der Waals surface area (Å²) in [6, 6.07) is 9.01. The molecule has 1 fully saturated rings. The van der Waals surface area contributed by atoms with Crippen LogP contribution in [0.2, 0.25) is 0 Å². The predicted octanol–water partition coefficient (Wildman–Crippen LogP) is 3.30. The molecule has 21 heavy (non-hydrogen) atoms. The molecule has 0 radical (unpaired) electrons. The summed E-state index contributed by atoms with van der Waals surface area (Å²) in [6.07, 6.45) is 2.86. The molecule has 1 aliphatic rings. The zero-order chi connectivity index (χ0) is 14.8. The number of carbonyl (C=O) groups is 2. The molecule has 0 atom stereocenters.